The normalized spacial score (nSPS) is 21.2. The number of amides is 2. The van der Waals surface area contributed by atoms with Crippen molar-refractivity contribution in [2.24, 2.45) is 7.05 Å². The Balaban J connectivity index is 2.04. The van der Waals surface area contributed by atoms with Gasteiger partial charge in [-0.3, -0.25) is 9.59 Å². The van der Waals surface area contributed by atoms with Gasteiger partial charge >= 0.3 is 0 Å². The summed E-state index contributed by atoms with van der Waals surface area (Å²) in [6.07, 6.45) is -0.000286. The van der Waals surface area contributed by atoms with Crippen molar-refractivity contribution in [1.29, 1.82) is 0 Å². The molecule has 23 heavy (non-hydrogen) atoms. The van der Waals surface area contributed by atoms with Crippen LogP contribution in [0.15, 0.2) is 6.07 Å². The molecule has 1 aromatic rings. The summed E-state index contributed by atoms with van der Waals surface area (Å²) in [6.45, 7) is 4.86. The van der Waals surface area contributed by atoms with E-state index in [2.05, 4.69) is 5.10 Å². The standard InChI is InChI=1S/C15H24N4O4/c1-10-7-19(8-11(2)23-10)15(21)12-6-14(18(5)16-12)22-9-13(20)17(3)4/h6,10-11H,7-9H2,1-5H3/t10-,11-/m0/s1. The van der Waals surface area contributed by atoms with Crippen molar-refractivity contribution in [2.45, 2.75) is 26.1 Å². The van der Waals surface area contributed by atoms with E-state index in [4.69, 9.17) is 9.47 Å². The minimum absolute atomic E-state index is 0.000143. The van der Waals surface area contributed by atoms with Crippen molar-refractivity contribution >= 4 is 11.8 Å². The van der Waals surface area contributed by atoms with E-state index in [1.54, 1.807) is 32.1 Å². The first kappa shape index (κ1) is 17.3. The molecule has 1 aromatic heterocycles. The third kappa shape index (κ3) is 4.22. The minimum atomic E-state index is -0.157. The molecular weight excluding hydrogens is 300 g/mol. The zero-order valence-electron chi connectivity index (χ0n) is 14.3. The second-order valence-corrected chi connectivity index (χ2v) is 6.04. The molecule has 1 aliphatic rings. The maximum Gasteiger partial charge on any atom is 0.274 e. The maximum atomic E-state index is 12.6. The van der Waals surface area contributed by atoms with E-state index in [1.807, 2.05) is 13.8 Å². The molecule has 0 bridgehead atoms. The van der Waals surface area contributed by atoms with Crippen molar-refractivity contribution in [1.82, 2.24) is 19.6 Å². The Hall–Kier alpha value is -2.09. The van der Waals surface area contributed by atoms with Gasteiger partial charge in [0.15, 0.2) is 12.3 Å². The van der Waals surface area contributed by atoms with Gasteiger partial charge in [0.2, 0.25) is 5.88 Å². The number of ether oxygens (including phenoxy) is 2. The third-order valence-electron chi connectivity index (χ3n) is 3.61. The molecule has 2 rings (SSSR count). The second kappa shape index (κ2) is 6.99. The topological polar surface area (TPSA) is 76.9 Å². The van der Waals surface area contributed by atoms with E-state index in [0.29, 0.717) is 24.7 Å². The van der Waals surface area contributed by atoms with Crippen LogP contribution in [0, 0.1) is 0 Å². The fourth-order valence-corrected chi connectivity index (χ4v) is 2.46. The fourth-order valence-electron chi connectivity index (χ4n) is 2.46. The number of nitrogens with zero attached hydrogens (tertiary/aromatic N) is 4. The Kier molecular flexibility index (Phi) is 5.25. The van der Waals surface area contributed by atoms with Crippen molar-refractivity contribution in [3.63, 3.8) is 0 Å². The molecular formula is C15H24N4O4. The average molecular weight is 324 g/mol. The number of hydrogen-bond donors (Lipinski definition) is 0. The van der Waals surface area contributed by atoms with Gasteiger partial charge < -0.3 is 19.3 Å². The van der Waals surface area contributed by atoms with Gasteiger partial charge in [0.05, 0.1) is 12.2 Å². The van der Waals surface area contributed by atoms with Crippen LogP contribution in [0.1, 0.15) is 24.3 Å². The van der Waals surface area contributed by atoms with Gasteiger partial charge in [-0.2, -0.15) is 5.10 Å². The molecule has 1 aliphatic heterocycles. The van der Waals surface area contributed by atoms with Crippen LogP contribution in [-0.2, 0) is 16.6 Å². The zero-order chi connectivity index (χ0) is 17.1. The molecule has 0 aliphatic carbocycles. The first-order valence-corrected chi connectivity index (χ1v) is 7.59. The van der Waals surface area contributed by atoms with Gasteiger partial charge in [0.1, 0.15) is 0 Å². The van der Waals surface area contributed by atoms with Gasteiger partial charge in [-0.1, -0.05) is 0 Å². The summed E-state index contributed by atoms with van der Waals surface area (Å²) in [6, 6.07) is 1.57. The molecule has 2 atom stereocenters. The Morgan fingerprint density at radius 1 is 1.35 bits per heavy atom. The third-order valence-corrected chi connectivity index (χ3v) is 3.61. The first-order chi connectivity index (χ1) is 10.8. The Morgan fingerprint density at radius 3 is 2.52 bits per heavy atom. The van der Waals surface area contributed by atoms with Crippen LogP contribution >= 0.6 is 0 Å². The van der Waals surface area contributed by atoms with Crippen molar-refractivity contribution < 1.29 is 19.1 Å². The van der Waals surface area contributed by atoms with E-state index in [-0.39, 0.29) is 30.6 Å². The summed E-state index contributed by atoms with van der Waals surface area (Å²) in [4.78, 5) is 27.3. The number of aromatic nitrogens is 2. The molecule has 0 N–H and O–H groups in total. The summed E-state index contributed by atoms with van der Waals surface area (Å²) in [5.41, 5.74) is 0.307. The lowest BCUT2D eigenvalue weighted by Crippen LogP contribution is -2.48. The number of likely N-dealkylation sites (N-methyl/N-ethyl adjacent to an activating group) is 1. The number of carbonyl (C=O) groups excluding carboxylic acids is 2. The number of morpholine rings is 1. The molecule has 0 aromatic carbocycles. The van der Waals surface area contributed by atoms with Gasteiger partial charge in [0, 0.05) is 40.3 Å². The lowest BCUT2D eigenvalue weighted by molar-refractivity contribution is -0.130. The quantitative estimate of drug-likeness (QED) is 0.787. The summed E-state index contributed by atoms with van der Waals surface area (Å²) in [5, 5.41) is 4.19. The highest BCUT2D eigenvalue weighted by Crippen LogP contribution is 2.17. The molecule has 1 saturated heterocycles. The van der Waals surface area contributed by atoms with Crippen LogP contribution < -0.4 is 4.74 Å². The van der Waals surface area contributed by atoms with E-state index in [9.17, 15) is 9.59 Å². The summed E-state index contributed by atoms with van der Waals surface area (Å²) < 4.78 is 12.5. The lowest BCUT2D eigenvalue weighted by Gasteiger charge is -2.34. The average Bonchev–Trinajstić information content (AvgIpc) is 2.83. The van der Waals surface area contributed by atoms with Crippen molar-refractivity contribution in [3.05, 3.63) is 11.8 Å². The highest BCUT2D eigenvalue weighted by atomic mass is 16.5. The van der Waals surface area contributed by atoms with Crippen LogP contribution in [0.25, 0.3) is 0 Å². The van der Waals surface area contributed by atoms with Crippen LogP contribution in [0.4, 0.5) is 0 Å². The molecule has 0 spiro atoms. The van der Waals surface area contributed by atoms with E-state index in [1.165, 1.54) is 9.58 Å². The molecule has 2 amide bonds. The molecule has 0 radical (unpaired) electrons. The van der Waals surface area contributed by atoms with Gasteiger partial charge in [-0.15, -0.1) is 0 Å². The van der Waals surface area contributed by atoms with Crippen LogP contribution in [0.5, 0.6) is 5.88 Å². The van der Waals surface area contributed by atoms with Gasteiger partial charge in [-0.25, -0.2) is 4.68 Å². The number of aryl methyl sites for hydroxylation is 1. The monoisotopic (exact) mass is 324 g/mol. The van der Waals surface area contributed by atoms with Crippen LogP contribution in [-0.4, -0.2) is 77.4 Å². The molecule has 2 heterocycles. The van der Waals surface area contributed by atoms with Gasteiger partial charge in [-0.05, 0) is 13.8 Å². The second-order valence-electron chi connectivity index (χ2n) is 6.04. The molecule has 128 valence electrons. The Labute approximate surface area is 135 Å². The van der Waals surface area contributed by atoms with Crippen molar-refractivity contribution in [2.75, 3.05) is 33.8 Å². The number of hydrogen-bond acceptors (Lipinski definition) is 5. The van der Waals surface area contributed by atoms with Crippen LogP contribution in [0.2, 0.25) is 0 Å². The fraction of sp³-hybridized carbons (Fsp3) is 0.667. The SMILES string of the molecule is C[C@H]1CN(C(=O)c2cc(OCC(=O)N(C)C)n(C)n2)C[C@H](C)O1. The summed E-state index contributed by atoms with van der Waals surface area (Å²) >= 11 is 0. The number of carbonyl (C=O) groups is 2. The van der Waals surface area contributed by atoms with E-state index >= 15 is 0 Å². The highest BCUT2D eigenvalue weighted by molar-refractivity contribution is 5.92. The molecule has 0 saturated carbocycles. The summed E-state index contributed by atoms with van der Waals surface area (Å²) in [7, 11) is 4.99. The molecule has 8 nitrogen and oxygen atoms in total. The molecule has 8 heteroatoms. The molecule has 1 fully saturated rings. The molecule has 0 unspecified atom stereocenters. The minimum Gasteiger partial charge on any atom is -0.468 e. The predicted molar refractivity (Wildman–Crippen MR) is 83.3 cm³/mol. The smallest absolute Gasteiger partial charge is 0.274 e. The largest absolute Gasteiger partial charge is 0.468 e. The van der Waals surface area contributed by atoms with E-state index < -0.39 is 0 Å². The highest BCUT2D eigenvalue weighted by Gasteiger charge is 2.28. The van der Waals surface area contributed by atoms with E-state index in [0.717, 1.165) is 0 Å². The number of rotatable bonds is 4. The zero-order valence-corrected chi connectivity index (χ0v) is 14.3. The van der Waals surface area contributed by atoms with Crippen molar-refractivity contribution in [3.8, 4) is 5.88 Å². The Morgan fingerprint density at radius 2 is 1.96 bits per heavy atom. The van der Waals surface area contributed by atoms with Gasteiger partial charge in [0.25, 0.3) is 11.8 Å². The first-order valence-electron chi connectivity index (χ1n) is 7.59. The Bertz CT molecular complexity index is 574. The van der Waals surface area contributed by atoms with Crippen LogP contribution in [0.3, 0.4) is 0 Å². The maximum absolute atomic E-state index is 12.6. The predicted octanol–water partition coefficient (Wildman–Crippen LogP) is 0.137. The lowest BCUT2D eigenvalue weighted by atomic mass is 10.2. The summed E-state index contributed by atoms with van der Waals surface area (Å²) in [5.74, 6) is 0.0733.